The Balaban J connectivity index is 2.24. The number of nitrogens with zero attached hydrogens (tertiary/aromatic N) is 1. The normalized spacial score (nSPS) is 16.4. The van der Waals surface area contributed by atoms with Gasteiger partial charge in [0.25, 0.3) is 12.3 Å². The number of anilines is 2. The zero-order valence-electron chi connectivity index (χ0n) is 14.6. The van der Waals surface area contributed by atoms with Gasteiger partial charge in [0.15, 0.2) is 0 Å². The summed E-state index contributed by atoms with van der Waals surface area (Å²) in [6.07, 6.45) is -7.51. The number of benzene rings is 1. The monoisotopic (exact) mass is 410 g/mol. The maximum absolute atomic E-state index is 13.5. The van der Waals surface area contributed by atoms with E-state index in [-0.39, 0.29) is 37.7 Å². The average Bonchev–Trinajstić information content (AvgIpc) is 2.62. The molecule has 1 aromatic carbocycles. The second kappa shape index (κ2) is 9.26. The highest BCUT2D eigenvalue weighted by Gasteiger charge is 2.37. The molecule has 12 heteroatoms. The van der Waals surface area contributed by atoms with Crippen LogP contribution in [0, 0.1) is 0 Å². The fourth-order valence-electron chi connectivity index (χ4n) is 2.59. The minimum absolute atomic E-state index is 0.0413. The summed E-state index contributed by atoms with van der Waals surface area (Å²) in [7, 11) is 0. The number of nitrogens with two attached hydrogens (primary N) is 1. The predicted molar refractivity (Wildman–Crippen MR) is 90.1 cm³/mol. The molecule has 1 atom stereocenters. The topological polar surface area (TPSA) is 96.7 Å². The lowest BCUT2D eigenvalue weighted by atomic mass is 10.1. The van der Waals surface area contributed by atoms with Crippen molar-refractivity contribution < 1.29 is 36.3 Å². The van der Waals surface area contributed by atoms with Crippen LogP contribution in [0.15, 0.2) is 18.2 Å². The zero-order chi connectivity index (χ0) is 20.9. The molecule has 4 N–H and O–H groups in total. The van der Waals surface area contributed by atoms with Crippen LogP contribution >= 0.6 is 0 Å². The standard InChI is InChI=1S/C16H19F5N4O3/c17-13(18)7-23-11(6-22)15(27)24-9-1-2-12(10(5-9)16(19,20)21)25-3-4-28-8-14(25)26/h1-2,5,11,13,23H,3-4,6-8,22H2,(H,24,27)/t11-/m1/s1. The maximum atomic E-state index is 13.5. The summed E-state index contributed by atoms with van der Waals surface area (Å²) in [6.45, 7) is -1.40. The van der Waals surface area contributed by atoms with Crippen LogP contribution in [0.5, 0.6) is 0 Å². The highest BCUT2D eigenvalue weighted by atomic mass is 19.4. The summed E-state index contributed by atoms with van der Waals surface area (Å²) in [4.78, 5) is 24.9. The van der Waals surface area contributed by atoms with Crippen LogP contribution in [0.2, 0.25) is 0 Å². The van der Waals surface area contributed by atoms with E-state index in [1.807, 2.05) is 0 Å². The van der Waals surface area contributed by atoms with Gasteiger partial charge in [-0.15, -0.1) is 0 Å². The summed E-state index contributed by atoms with van der Waals surface area (Å²) in [5, 5.41) is 4.44. The minimum Gasteiger partial charge on any atom is -0.370 e. The molecule has 1 fully saturated rings. The van der Waals surface area contributed by atoms with Gasteiger partial charge in [0, 0.05) is 18.8 Å². The summed E-state index contributed by atoms with van der Waals surface area (Å²) in [5.74, 6) is -1.47. The van der Waals surface area contributed by atoms with Gasteiger partial charge in [0.2, 0.25) is 5.91 Å². The average molecular weight is 410 g/mol. The van der Waals surface area contributed by atoms with Crippen molar-refractivity contribution in [2.45, 2.75) is 18.6 Å². The van der Waals surface area contributed by atoms with Crippen LogP contribution in [-0.2, 0) is 20.5 Å². The number of hydrogen-bond acceptors (Lipinski definition) is 5. The number of nitrogens with one attached hydrogen (secondary N) is 2. The van der Waals surface area contributed by atoms with E-state index < -0.39 is 42.6 Å². The van der Waals surface area contributed by atoms with Gasteiger partial charge in [-0.3, -0.25) is 14.9 Å². The molecule has 0 aromatic heterocycles. The Hall–Kier alpha value is -2.31. The van der Waals surface area contributed by atoms with Gasteiger partial charge in [-0.05, 0) is 18.2 Å². The van der Waals surface area contributed by atoms with Crippen LogP contribution < -0.4 is 21.3 Å². The first-order chi connectivity index (χ1) is 13.1. The van der Waals surface area contributed by atoms with Crippen LogP contribution in [-0.4, -0.2) is 57.1 Å². The number of carbonyl (C=O) groups excluding carboxylic acids is 2. The molecule has 0 bridgehead atoms. The Morgan fingerprint density at radius 2 is 2.04 bits per heavy atom. The van der Waals surface area contributed by atoms with E-state index >= 15 is 0 Å². The predicted octanol–water partition coefficient (Wildman–Crippen LogP) is 1.19. The molecule has 1 heterocycles. The van der Waals surface area contributed by atoms with Gasteiger partial charge in [-0.25, -0.2) is 8.78 Å². The minimum atomic E-state index is -4.80. The Kier molecular flexibility index (Phi) is 7.27. The Labute approximate surface area is 157 Å². The SMILES string of the molecule is NC[C@@H](NCC(F)F)C(=O)Nc1ccc(N2CCOCC2=O)c(C(F)(F)F)c1. The van der Waals surface area contributed by atoms with Gasteiger partial charge in [0.05, 0.1) is 30.4 Å². The third-order valence-electron chi connectivity index (χ3n) is 3.92. The lowest BCUT2D eigenvalue weighted by Gasteiger charge is -2.29. The van der Waals surface area contributed by atoms with Gasteiger partial charge >= 0.3 is 6.18 Å². The molecule has 0 unspecified atom stereocenters. The summed E-state index contributed by atoms with van der Waals surface area (Å²) in [5.41, 5.74) is 3.66. The molecule has 2 amide bonds. The Morgan fingerprint density at radius 3 is 2.61 bits per heavy atom. The molecule has 1 aliphatic rings. The molecule has 2 rings (SSSR count). The van der Waals surface area contributed by atoms with E-state index in [0.29, 0.717) is 6.07 Å². The first kappa shape index (κ1) is 22.0. The van der Waals surface area contributed by atoms with E-state index in [1.165, 1.54) is 6.07 Å². The summed E-state index contributed by atoms with van der Waals surface area (Å²) < 4.78 is 69.9. The Bertz CT molecular complexity index is 714. The van der Waals surface area contributed by atoms with Crippen LogP contribution in [0.3, 0.4) is 0 Å². The van der Waals surface area contributed by atoms with Crippen molar-refractivity contribution in [1.82, 2.24) is 5.32 Å². The smallest absolute Gasteiger partial charge is 0.370 e. The number of carbonyl (C=O) groups is 2. The van der Waals surface area contributed by atoms with Crippen molar-refractivity contribution in [2.75, 3.05) is 43.1 Å². The number of amides is 2. The van der Waals surface area contributed by atoms with Gasteiger partial charge in [-0.2, -0.15) is 13.2 Å². The lowest BCUT2D eigenvalue weighted by molar-refractivity contribution is -0.137. The van der Waals surface area contributed by atoms with E-state index in [2.05, 4.69) is 10.6 Å². The second-order valence-electron chi connectivity index (χ2n) is 5.90. The van der Waals surface area contributed by atoms with Crippen molar-refractivity contribution in [3.05, 3.63) is 23.8 Å². The van der Waals surface area contributed by atoms with Gasteiger partial charge in [0.1, 0.15) is 6.61 Å². The molecule has 1 aromatic rings. The van der Waals surface area contributed by atoms with Crippen molar-refractivity contribution in [3.63, 3.8) is 0 Å². The maximum Gasteiger partial charge on any atom is 0.418 e. The molecular weight excluding hydrogens is 391 g/mol. The molecule has 1 aliphatic heterocycles. The number of hydrogen-bond donors (Lipinski definition) is 3. The first-order valence-corrected chi connectivity index (χ1v) is 8.25. The van der Waals surface area contributed by atoms with Crippen molar-refractivity contribution in [3.8, 4) is 0 Å². The van der Waals surface area contributed by atoms with Gasteiger partial charge in [-0.1, -0.05) is 0 Å². The molecule has 0 aliphatic carbocycles. The number of rotatable bonds is 7. The summed E-state index contributed by atoms with van der Waals surface area (Å²) in [6, 6.07) is 1.72. The first-order valence-electron chi connectivity index (χ1n) is 8.25. The van der Waals surface area contributed by atoms with Crippen LogP contribution in [0.25, 0.3) is 0 Å². The fraction of sp³-hybridized carbons (Fsp3) is 0.500. The highest BCUT2D eigenvalue weighted by Crippen LogP contribution is 2.38. The van der Waals surface area contributed by atoms with E-state index in [0.717, 1.165) is 11.0 Å². The number of ether oxygens (including phenoxy) is 1. The van der Waals surface area contributed by atoms with Crippen LogP contribution in [0.1, 0.15) is 5.56 Å². The molecule has 0 radical (unpaired) electrons. The van der Waals surface area contributed by atoms with E-state index in [4.69, 9.17) is 10.5 Å². The molecule has 0 spiro atoms. The molecule has 156 valence electrons. The second-order valence-corrected chi connectivity index (χ2v) is 5.90. The van der Waals surface area contributed by atoms with E-state index in [9.17, 15) is 31.5 Å². The molecule has 7 nitrogen and oxygen atoms in total. The molecule has 0 saturated carbocycles. The molecular formula is C16H19F5N4O3. The molecule has 1 saturated heterocycles. The number of halogens is 5. The van der Waals surface area contributed by atoms with Crippen molar-refractivity contribution in [1.29, 1.82) is 0 Å². The highest BCUT2D eigenvalue weighted by molar-refractivity contribution is 5.98. The van der Waals surface area contributed by atoms with Crippen molar-refractivity contribution >= 4 is 23.2 Å². The third kappa shape index (κ3) is 5.59. The number of alkyl halides is 5. The van der Waals surface area contributed by atoms with Crippen molar-refractivity contribution in [2.24, 2.45) is 5.73 Å². The van der Waals surface area contributed by atoms with E-state index in [1.54, 1.807) is 0 Å². The fourth-order valence-corrected chi connectivity index (χ4v) is 2.59. The molecule has 28 heavy (non-hydrogen) atoms. The largest absolute Gasteiger partial charge is 0.418 e. The quantitative estimate of drug-likeness (QED) is 0.587. The Morgan fingerprint density at radius 1 is 1.32 bits per heavy atom. The zero-order valence-corrected chi connectivity index (χ0v) is 14.6. The van der Waals surface area contributed by atoms with Crippen LogP contribution in [0.4, 0.5) is 33.3 Å². The number of morpholine rings is 1. The summed E-state index contributed by atoms with van der Waals surface area (Å²) >= 11 is 0. The lowest BCUT2D eigenvalue weighted by Crippen LogP contribution is -2.47. The third-order valence-corrected chi connectivity index (χ3v) is 3.92. The van der Waals surface area contributed by atoms with Gasteiger partial charge < -0.3 is 20.7 Å².